The van der Waals surface area contributed by atoms with Crippen molar-refractivity contribution in [1.82, 2.24) is 19.9 Å². The molecule has 0 radical (unpaired) electrons. The minimum atomic E-state index is -1.19. The first-order valence-corrected chi connectivity index (χ1v) is 12.8. The van der Waals surface area contributed by atoms with Crippen LogP contribution in [-0.4, -0.2) is 80.8 Å². The number of nitrogens with one attached hydrogen (secondary N) is 1. The predicted octanol–water partition coefficient (Wildman–Crippen LogP) is 3.42. The van der Waals surface area contributed by atoms with Crippen molar-refractivity contribution in [3.63, 3.8) is 0 Å². The third-order valence-corrected chi connectivity index (χ3v) is 7.21. The van der Waals surface area contributed by atoms with Gasteiger partial charge in [-0.2, -0.15) is 0 Å². The van der Waals surface area contributed by atoms with Crippen molar-refractivity contribution in [2.24, 2.45) is 0 Å². The van der Waals surface area contributed by atoms with Crippen LogP contribution in [0.3, 0.4) is 0 Å². The van der Waals surface area contributed by atoms with Crippen molar-refractivity contribution in [3.05, 3.63) is 47.5 Å². The van der Waals surface area contributed by atoms with Crippen LogP contribution in [0.1, 0.15) is 43.7 Å². The molecule has 3 aromatic rings. The van der Waals surface area contributed by atoms with E-state index in [1.165, 1.54) is 0 Å². The number of piperidine rings is 1. The summed E-state index contributed by atoms with van der Waals surface area (Å²) in [7, 11) is 0. The molecular weight excluding hydrogens is 480 g/mol. The molecule has 0 saturated carbocycles. The van der Waals surface area contributed by atoms with Crippen LogP contribution in [0.5, 0.6) is 0 Å². The van der Waals surface area contributed by atoms with E-state index in [9.17, 15) is 19.0 Å². The molecule has 1 aromatic carbocycles. The van der Waals surface area contributed by atoms with E-state index in [2.05, 4.69) is 34.1 Å². The van der Waals surface area contributed by atoms with Gasteiger partial charge in [0.2, 0.25) is 5.95 Å². The Kier molecular flexibility index (Phi) is 7.62. The number of alkyl halides is 1. The lowest BCUT2D eigenvalue weighted by Crippen LogP contribution is -2.44. The molecule has 0 amide bonds. The number of halogens is 2. The molecule has 0 unspecified atom stereocenters. The third-order valence-electron chi connectivity index (χ3n) is 7.21. The summed E-state index contributed by atoms with van der Waals surface area (Å²) < 4.78 is 34.0. The van der Waals surface area contributed by atoms with Crippen LogP contribution < -0.4 is 5.32 Å². The Balaban J connectivity index is 1.48. The zero-order chi connectivity index (χ0) is 26.1. The van der Waals surface area contributed by atoms with Crippen LogP contribution in [0.25, 0.3) is 22.2 Å². The molecule has 4 heterocycles. The van der Waals surface area contributed by atoms with Crippen LogP contribution in [0.15, 0.2) is 30.6 Å². The largest absolute Gasteiger partial charge is 0.389 e. The summed E-state index contributed by atoms with van der Waals surface area (Å²) in [5.74, 6) is -0.147. The highest BCUT2D eigenvalue weighted by Gasteiger charge is 2.28. The highest BCUT2D eigenvalue weighted by molar-refractivity contribution is 5.88. The molecule has 2 fully saturated rings. The summed E-state index contributed by atoms with van der Waals surface area (Å²) in [5.41, 5.74) is 3.63. The fourth-order valence-electron chi connectivity index (χ4n) is 5.26. The molecule has 10 heteroatoms. The molecule has 8 nitrogen and oxygen atoms in total. The summed E-state index contributed by atoms with van der Waals surface area (Å²) in [5, 5.41) is 24.2. The summed E-state index contributed by atoms with van der Waals surface area (Å²) >= 11 is 0. The summed E-state index contributed by atoms with van der Waals surface area (Å²) in [6.07, 6.45) is 1.02. The summed E-state index contributed by atoms with van der Waals surface area (Å²) in [4.78, 5) is 15.2. The number of pyridine rings is 1. The Morgan fingerprint density at radius 1 is 1.16 bits per heavy atom. The number of β-amino-alcohol motifs (C(OH)–C–C–N with tert-alkyl or cyclic N) is 1. The van der Waals surface area contributed by atoms with E-state index >= 15 is 0 Å². The number of rotatable bonds is 6. The first kappa shape index (κ1) is 25.8. The summed E-state index contributed by atoms with van der Waals surface area (Å²) in [6.45, 7) is 6.34. The van der Waals surface area contributed by atoms with Crippen molar-refractivity contribution in [3.8, 4) is 11.3 Å². The zero-order valence-electron chi connectivity index (χ0n) is 21.1. The van der Waals surface area contributed by atoms with Crippen LogP contribution in [0.2, 0.25) is 0 Å². The molecule has 2 saturated heterocycles. The van der Waals surface area contributed by atoms with Crippen molar-refractivity contribution in [1.29, 1.82) is 0 Å². The molecule has 0 spiro atoms. The van der Waals surface area contributed by atoms with Crippen molar-refractivity contribution in [2.75, 3.05) is 31.6 Å². The van der Waals surface area contributed by atoms with Crippen LogP contribution in [0.4, 0.5) is 14.7 Å². The molecule has 5 rings (SSSR count). The molecule has 0 aliphatic carbocycles. The maximum atomic E-state index is 14.9. The van der Waals surface area contributed by atoms with Gasteiger partial charge in [0, 0.05) is 43.4 Å². The van der Waals surface area contributed by atoms with E-state index in [0.29, 0.717) is 38.1 Å². The van der Waals surface area contributed by atoms with Gasteiger partial charge in [-0.25, -0.2) is 18.7 Å². The predicted molar refractivity (Wildman–Crippen MR) is 136 cm³/mol. The topological polar surface area (TPSA) is 104 Å². The number of benzene rings is 1. The Hall–Kier alpha value is -2.79. The Bertz CT molecular complexity index is 1260. The van der Waals surface area contributed by atoms with Gasteiger partial charge in [0.05, 0.1) is 36.6 Å². The number of nitrogens with zero attached hydrogens (tertiary/aromatic N) is 4. The maximum absolute atomic E-state index is 14.9. The van der Waals surface area contributed by atoms with E-state index in [1.807, 2.05) is 23.2 Å². The zero-order valence-corrected chi connectivity index (χ0v) is 21.1. The monoisotopic (exact) mass is 513 g/mol. The van der Waals surface area contributed by atoms with E-state index in [4.69, 9.17) is 4.74 Å². The summed E-state index contributed by atoms with van der Waals surface area (Å²) in [6, 6.07) is 5.28. The minimum Gasteiger partial charge on any atom is -0.389 e. The van der Waals surface area contributed by atoms with Gasteiger partial charge < -0.3 is 20.3 Å². The Labute approximate surface area is 214 Å². The standard InChI is InChI=1S/C27H33F2N5O3/c1-15(2)25-17(12-34-7-5-19(28)23(35)13-34)10-30-21-4-3-16(9-18(21)25)26-20(29)11-31-27(33-26)32-22-6-8-37-14-24(22)36/h3-4,9-11,15,19,22-24,35-36H,5-8,12-14H2,1-2H3,(H,31,32,33)/t19-,22-,23-,24-/m1/s1. The van der Waals surface area contributed by atoms with Crippen molar-refractivity contribution in [2.45, 2.75) is 63.6 Å². The van der Waals surface area contributed by atoms with Crippen LogP contribution >= 0.6 is 0 Å². The molecule has 2 aliphatic rings. The van der Waals surface area contributed by atoms with Gasteiger partial charge in [-0.15, -0.1) is 0 Å². The fourth-order valence-corrected chi connectivity index (χ4v) is 5.26. The lowest BCUT2D eigenvalue weighted by atomic mass is 9.92. The molecule has 2 aliphatic heterocycles. The van der Waals surface area contributed by atoms with Gasteiger partial charge in [-0.1, -0.05) is 19.9 Å². The number of hydrogen-bond donors (Lipinski definition) is 3. The lowest BCUT2D eigenvalue weighted by Gasteiger charge is -2.33. The van der Waals surface area contributed by atoms with Gasteiger partial charge in [0.15, 0.2) is 5.82 Å². The highest BCUT2D eigenvalue weighted by Crippen LogP contribution is 2.33. The second-order valence-corrected chi connectivity index (χ2v) is 10.3. The van der Waals surface area contributed by atoms with E-state index < -0.39 is 24.2 Å². The molecular formula is C27H33F2N5O3. The number of ether oxygens (including phenoxy) is 1. The van der Waals surface area contributed by atoms with Gasteiger partial charge in [-0.3, -0.25) is 9.88 Å². The van der Waals surface area contributed by atoms with Crippen LogP contribution in [0, 0.1) is 5.82 Å². The number of likely N-dealkylation sites (tertiary alicyclic amines) is 1. The van der Waals surface area contributed by atoms with Gasteiger partial charge in [0.1, 0.15) is 11.9 Å². The van der Waals surface area contributed by atoms with E-state index in [0.717, 1.165) is 28.2 Å². The number of anilines is 1. The molecule has 2 aromatic heterocycles. The smallest absolute Gasteiger partial charge is 0.223 e. The van der Waals surface area contributed by atoms with E-state index in [-0.39, 0.29) is 36.8 Å². The van der Waals surface area contributed by atoms with E-state index in [1.54, 1.807) is 6.07 Å². The third kappa shape index (κ3) is 5.57. The number of aliphatic hydroxyl groups is 2. The number of aromatic nitrogens is 3. The second kappa shape index (κ2) is 10.9. The molecule has 0 bridgehead atoms. The van der Waals surface area contributed by atoms with Crippen molar-refractivity contribution >= 4 is 16.9 Å². The molecule has 4 atom stereocenters. The molecule has 37 heavy (non-hydrogen) atoms. The normalized spacial score (nSPS) is 25.1. The number of aliphatic hydroxyl groups excluding tert-OH is 2. The average molecular weight is 514 g/mol. The first-order chi connectivity index (χ1) is 17.8. The number of hydrogen-bond acceptors (Lipinski definition) is 8. The van der Waals surface area contributed by atoms with Crippen LogP contribution in [-0.2, 0) is 11.3 Å². The van der Waals surface area contributed by atoms with Gasteiger partial charge >= 0.3 is 0 Å². The average Bonchev–Trinajstić information content (AvgIpc) is 2.88. The maximum Gasteiger partial charge on any atom is 0.223 e. The number of fused-ring (bicyclic) bond motifs is 1. The Morgan fingerprint density at radius 3 is 2.76 bits per heavy atom. The minimum absolute atomic E-state index is 0.155. The quantitative estimate of drug-likeness (QED) is 0.461. The lowest BCUT2D eigenvalue weighted by molar-refractivity contribution is -0.0136. The first-order valence-electron chi connectivity index (χ1n) is 12.8. The fraction of sp³-hybridized carbons (Fsp3) is 0.519. The molecule has 3 N–H and O–H groups in total. The molecule has 198 valence electrons. The second-order valence-electron chi connectivity index (χ2n) is 10.3. The van der Waals surface area contributed by atoms with Crippen molar-refractivity contribution < 1.29 is 23.7 Å². The highest BCUT2D eigenvalue weighted by atomic mass is 19.1. The van der Waals surface area contributed by atoms with Gasteiger partial charge in [-0.05, 0) is 42.0 Å². The Morgan fingerprint density at radius 2 is 2.00 bits per heavy atom. The SMILES string of the molecule is CC(C)c1c(CN2CC[C@@H](F)[C@H](O)C2)cnc2ccc(-c3nc(N[C@@H]4CCOC[C@H]4O)ncc3F)cc12. The van der Waals surface area contributed by atoms with Gasteiger partial charge in [0.25, 0.3) is 0 Å².